The topological polar surface area (TPSA) is 95.9 Å². The van der Waals surface area contributed by atoms with Crippen molar-refractivity contribution in [3.05, 3.63) is 36.5 Å². The first kappa shape index (κ1) is 70.1. The zero-order valence-corrected chi connectivity index (χ0v) is 48.4. The molecular weight excluding hydrogens is 887 g/mol. The Bertz CT molecular complexity index is 1170. The van der Waals surface area contributed by atoms with Crippen LogP contribution in [0.5, 0.6) is 0 Å². The molecule has 0 saturated carbocycles. The molecule has 0 aromatic heterocycles. The van der Waals surface area contributed by atoms with Gasteiger partial charge in [0.2, 0.25) is 5.91 Å². The second kappa shape index (κ2) is 61.6. The van der Waals surface area contributed by atoms with E-state index >= 15 is 0 Å². The number of carbonyl (C=O) groups excluding carboxylic acids is 2. The van der Waals surface area contributed by atoms with E-state index in [1.54, 1.807) is 6.08 Å². The van der Waals surface area contributed by atoms with Crippen LogP contribution in [0.2, 0.25) is 0 Å². The van der Waals surface area contributed by atoms with Crippen LogP contribution in [-0.4, -0.2) is 47.4 Å². The maximum absolute atomic E-state index is 12.5. The van der Waals surface area contributed by atoms with Crippen LogP contribution in [0.3, 0.4) is 0 Å². The number of rotatable bonds is 60. The standard InChI is InChI=1S/C66H125NO5/c1-3-5-7-9-11-13-15-17-18-19-20-21-22-23-25-28-31-35-38-42-46-50-54-58-64(69)63(62-68)67-65(70)59-55-51-47-43-39-36-32-29-26-24-27-30-33-37-41-45-49-53-57-61-72-66(71)60-56-52-48-44-40-34-16-14-12-10-8-6-4-2/h30,33,37,41,54,58,63-64,68-69H,3-29,31-32,34-36,38-40,42-53,55-57,59-62H2,1-2H3,(H,67,70)/b33-30-,41-37-,58-54+. The molecule has 0 aromatic carbocycles. The molecule has 0 aliphatic carbocycles. The Hall–Kier alpha value is -1.92. The molecule has 0 aliphatic heterocycles. The molecule has 424 valence electrons. The molecule has 2 unspecified atom stereocenters. The fourth-order valence-electron chi connectivity index (χ4n) is 9.98. The van der Waals surface area contributed by atoms with Crippen LogP contribution in [0.1, 0.15) is 348 Å². The zero-order valence-electron chi connectivity index (χ0n) is 48.4. The average molecular weight is 1010 g/mol. The van der Waals surface area contributed by atoms with Crippen molar-refractivity contribution in [3.8, 4) is 0 Å². The first-order chi connectivity index (χ1) is 35.5. The van der Waals surface area contributed by atoms with Crippen molar-refractivity contribution in [1.29, 1.82) is 0 Å². The van der Waals surface area contributed by atoms with Crippen molar-refractivity contribution in [2.45, 2.75) is 360 Å². The van der Waals surface area contributed by atoms with Gasteiger partial charge in [-0.05, 0) is 64.2 Å². The summed E-state index contributed by atoms with van der Waals surface area (Å²) >= 11 is 0. The minimum Gasteiger partial charge on any atom is -0.466 e. The Labute approximate surface area is 449 Å². The van der Waals surface area contributed by atoms with Gasteiger partial charge in [0.05, 0.1) is 25.4 Å². The molecule has 0 saturated heterocycles. The van der Waals surface area contributed by atoms with Crippen molar-refractivity contribution in [2.75, 3.05) is 13.2 Å². The fourth-order valence-corrected chi connectivity index (χ4v) is 9.98. The summed E-state index contributed by atoms with van der Waals surface area (Å²) in [5.41, 5.74) is 0. The quantitative estimate of drug-likeness (QED) is 0.0244. The molecule has 2 atom stereocenters. The van der Waals surface area contributed by atoms with Crippen LogP contribution in [0, 0.1) is 0 Å². The highest BCUT2D eigenvalue weighted by atomic mass is 16.5. The predicted molar refractivity (Wildman–Crippen MR) is 315 cm³/mol. The Morgan fingerprint density at radius 2 is 0.681 bits per heavy atom. The van der Waals surface area contributed by atoms with Gasteiger partial charge < -0.3 is 20.3 Å². The Morgan fingerprint density at radius 3 is 1.03 bits per heavy atom. The predicted octanol–water partition coefficient (Wildman–Crippen LogP) is 20.4. The van der Waals surface area contributed by atoms with E-state index in [1.807, 2.05) is 6.08 Å². The summed E-state index contributed by atoms with van der Waals surface area (Å²) in [5.74, 6) is -0.0870. The van der Waals surface area contributed by atoms with Gasteiger partial charge in [-0.25, -0.2) is 0 Å². The Morgan fingerprint density at radius 1 is 0.389 bits per heavy atom. The zero-order chi connectivity index (χ0) is 52.2. The van der Waals surface area contributed by atoms with E-state index in [9.17, 15) is 19.8 Å². The molecule has 0 spiro atoms. The fraction of sp³-hybridized carbons (Fsp3) is 0.879. The highest BCUT2D eigenvalue weighted by molar-refractivity contribution is 5.76. The second-order valence-electron chi connectivity index (χ2n) is 22.1. The SMILES string of the molecule is CCCCCCCCCCCCCCCCCCCCCCC/C=C/C(O)C(CO)NC(=O)CCCCCCCCCCCC/C=C\C=C/CCCCCOC(=O)CCCCCCCCCCCCCCC. The lowest BCUT2D eigenvalue weighted by atomic mass is 10.0. The number of amides is 1. The van der Waals surface area contributed by atoms with Crippen LogP contribution in [-0.2, 0) is 14.3 Å². The molecule has 0 heterocycles. The van der Waals surface area contributed by atoms with Gasteiger partial charge in [0.25, 0.3) is 0 Å². The number of aliphatic hydroxyl groups excluding tert-OH is 2. The number of aliphatic hydroxyl groups is 2. The van der Waals surface area contributed by atoms with Crippen molar-refractivity contribution >= 4 is 11.9 Å². The van der Waals surface area contributed by atoms with Gasteiger partial charge >= 0.3 is 5.97 Å². The minimum atomic E-state index is -0.853. The number of unbranched alkanes of at least 4 members (excludes halogenated alkanes) is 46. The van der Waals surface area contributed by atoms with Gasteiger partial charge in [-0.3, -0.25) is 9.59 Å². The van der Waals surface area contributed by atoms with Gasteiger partial charge in [0.15, 0.2) is 0 Å². The van der Waals surface area contributed by atoms with Crippen molar-refractivity contribution in [1.82, 2.24) is 5.32 Å². The van der Waals surface area contributed by atoms with E-state index in [0.717, 1.165) is 77.0 Å². The summed E-state index contributed by atoms with van der Waals surface area (Å²) < 4.78 is 5.45. The van der Waals surface area contributed by atoms with Gasteiger partial charge in [-0.2, -0.15) is 0 Å². The Balaban J connectivity index is 3.50. The van der Waals surface area contributed by atoms with Gasteiger partial charge in [0.1, 0.15) is 0 Å². The van der Waals surface area contributed by atoms with Gasteiger partial charge in [-0.15, -0.1) is 0 Å². The number of ether oxygens (including phenoxy) is 1. The van der Waals surface area contributed by atoms with E-state index < -0.39 is 12.1 Å². The normalized spacial score (nSPS) is 12.8. The van der Waals surface area contributed by atoms with Crippen LogP contribution < -0.4 is 5.32 Å². The molecular formula is C66H125NO5. The van der Waals surface area contributed by atoms with Gasteiger partial charge in [-0.1, -0.05) is 307 Å². The molecule has 3 N–H and O–H groups in total. The summed E-state index contributed by atoms with van der Waals surface area (Å²) in [6.45, 7) is 4.89. The number of esters is 1. The molecule has 0 radical (unpaired) electrons. The van der Waals surface area contributed by atoms with E-state index in [4.69, 9.17) is 4.74 Å². The number of carbonyl (C=O) groups is 2. The highest BCUT2D eigenvalue weighted by Gasteiger charge is 2.18. The number of hydrogen-bond donors (Lipinski definition) is 3. The molecule has 0 aliphatic rings. The largest absolute Gasteiger partial charge is 0.466 e. The summed E-state index contributed by atoms with van der Waals surface area (Å²) in [6.07, 6.45) is 77.6. The lowest BCUT2D eigenvalue weighted by Gasteiger charge is -2.20. The highest BCUT2D eigenvalue weighted by Crippen LogP contribution is 2.18. The molecule has 1 amide bonds. The molecule has 0 bridgehead atoms. The molecule has 6 heteroatoms. The summed E-state index contributed by atoms with van der Waals surface area (Å²) in [6, 6.07) is -0.637. The third-order valence-corrected chi connectivity index (χ3v) is 14.9. The van der Waals surface area contributed by atoms with E-state index in [1.165, 1.54) is 244 Å². The smallest absolute Gasteiger partial charge is 0.305 e. The number of hydrogen-bond acceptors (Lipinski definition) is 5. The molecule has 0 aromatic rings. The molecule has 0 rings (SSSR count). The molecule has 0 fully saturated rings. The van der Waals surface area contributed by atoms with Crippen molar-refractivity contribution in [2.24, 2.45) is 0 Å². The summed E-state index contributed by atoms with van der Waals surface area (Å²) in [4.78, 5) is 24.5. The van der Waals surface area contributed by atoms with Gasteiger partial charge in [0, 0.05) is 12.8 Å². The number of nitrogens with one attached hydrogen (secondary N) is 1. The van der Waals surface area contributed by atoms with E-state index in [2.05, 4.69) is 43.5 Å². The summed E-state index contributed by atoms with van der Waals surface area (Å²) in [5, 5.41) is 23.2. The maximum atomic E-state index is 12.5. The maximum Gasteiger partial charge on any atom is 0.305 e. The first-order valence-corrected chi connectivity index (χ1v) is 32.3. The molecule has 6 nitrogen and oxygen atoms in total. The summed E-state index contributed by atoms with van der Waals surface area (Å²) in [7, 11) is 0. The van der Waals surface area contributed by atoms with Crippen LogP contribution in [0.4, 0.5) is 0 Å². The van der Waals surface area contributed by atoms with Crippen LogP contribution >= 0.6 is 0 Å². The average Bonchev–Trinajstić information content (AvgIpc) is 3.38. The number of allylic oxidation sites excluding steroid dienone is 5. The lowest BCUT2D eigenvalue weighted by molar-refractivity contribution is -0.143. The van der Waals surface area contributed by atoms with Crippen molar-refractivity contribution in [3.63, 3.8) is 0 Å². The van der Waals surface area contributed by atoms with Crippen molar-refractivity contribution < 1.29 is 24.5 Å². The second-order valence-corrected chi connectivity index (χ2v) is 22.1. The van der Waals surface area contributed by atoms with E-state index in [-0.39, 0.29) is 18.5 Å². The van der Waals surface area contributed by atoms with Crippen LogP contribution in [0.25, 0.3) is 0 Å². The monoisotopic (exact) mass is 1010 g/mol. The minimum absolute atomic E-state index is 0.0122. The third kappa shape index (κ3) is 57.4. The Kier molecular flexibility index (Phi) is 60.0. The van der Waals surface area contributed by atoms with Crippen LogP contribution in [0.15, 0.2) is 36.5 Å². The van der Waals surface area contributed by atoms with E-state index in [0.29, 0.717) is 19.4 Å². The third-order valence-electron chi connectivity index (χ3n) is 14.9. The molecule has 72 heavy (non-hydrogen) atoms. The first-order valence-electron chi connectivity index (χ1n) is 32.3. The lowest BCUT2D eigenvalue weighted by Crippen LogP contribution is -2.45.